The molecular formula is C29H35F2N5O6. The van der Waals surface area contributed by atoms with Gasteiger partial charge in [0.25, 0.3) is 5.91 Å². The van der Waals surface area contributed by atoms with Gasteiger partial charge in [-0.3, -0.25) is 9.59 Å². The van der Waals surface area contributed by atoms with E-state index in [4.69, 9.17) is 13.6 Å². The summed E-state index contributed by atoms with van der Waals surface area (Å²) in [7, 11) is 1.43. The monoisotopic (exact) mass is 590 g/mol. The van der Waals surface area contributed by atoms with Gasteiger partial charge in [-0.1, -0.05) is 12.1 Å². The number of amides is 2. The molecule has 0 radical (unpaired) electrons. The number of benzene rings is 1. The van der Waals surface area contributed by atoms with Gasteiger partial charge in [0.15, 0.2) is 0 Å². The molecule has 1 saturated carbocycles. The molecule has 3 aromatic rings. The van der Waals surface area contributed by atoms with Crippen LogP contribution in [0.15, 0.2) is 42.6 Å². The van der Waals surface area contributed by atoms with Crippen molar-refractivity contribution in [3.63, 3.8) is 0 Å². The molecule has 226 valence electrons. The Kier molecular flexibility index (Phi) is 7.41. The van der Waals surface area contributed by atoms with Crippen LogP contribution in [0.3, 0.4) is 0 Å². The van der Waals surface area contributed by atoms with Crippen LogP contribution in [-0.2, 0) is 19.7 Å². The molecule has 1 aromatic carbocycles. The number of likely N-dealkylation sites (N-methyl/N-ethyl adjacent to an activating group) is 1. The van der Waals surface area contributed by atoms with Gasteiger partial charge >= 0.3 is 6.09 Å². The lowest BCUT2D eigenvalue weighted by Gasteiger charge is -2.42. The second-order valence-electron chi connectivity index (χ2n) is 11.2. The molecule has 1 aliphatic carbocycles. The number of aliphatic hydroxyl groups is 1. The molecule has 0 saturated heterocycles. The van der Waals surface area contributed by atoms with Crippen LogP contribution in [0.1, 0.15) is 56.1 Å². The van der Waals surface area contributed by atoms with Crippen molar-refractivity contribution in [3.8, 4) is 5.75 Å². The second-order valence-corrected chi connectivity index (χ2v) is 11.2. The summed E-state index contributed by atoms with van der Waals surface area (Å²) < 4.78 is 64.6. The number of nitrogens with one attached hydrogen (secondary N) is 1. The first kappa shape index (κ1) is 26.7. The fourth-order valence-corrected chi connectivity index (χ4v) is 4.88. The number of hydrogen-bond acceptors (Lipinski definition) is 8. The third-order valence-corrected chi connectivity index (χ3v) is 7.14. The van der Waals surface area contributed by atoms with E-state index in [-0.39, 0.29) is 27.3 Å². The van der Waals surface area contributed by atoms with Gasteiger partial charge in [0.05, 0.1) is 30.8 Å². The van der Waals surface area contributed by atoms with Crippen LogP contribution in [0.25, 0.3) is 11.0 Å². The Balaban J connectivity index is 1.66. The minimum Gasteiger partial charge on any atom is -0.497 e. The summed E-state index contributed by atoms with van der Waals surface area (Å²) in [5.74, 6) is -4.89. The molecule has 1 aliphatic rings. The fourth-order valence-electron chi connectivity index (χ4n) is 4.88. The van der Waals surface area contributed by atoms with Crippen molar-refractivity contribution in [1.29, 1.82) is 0 Å². The third-order valence-electron chi connectivity index (χ3n) is 7.14. The quantitative estimate of drug-likeness (QED) is 0.419. The number of carbonyl (C=O) groups excluding carboxylic acids is 3. The van der Waals surface area contributed by atoms with Crippen molar-refractivity contribution >= 4 is 34.8 Å². The molecule has 0 spiro atoms. The number of carbonyl (C=O) groups is 3. The Morgan fingerprint density at radius 1 is 1.14 bits per heavy atom. The Morgan fingerprint density at radius 3 is 2.38 bits per heavy atom. The predicted octanol–water partition coefficient (Wildman–Crippen LogP) is 4.13. The van der Waals surface area contributed by atoms with E-state index in [1.165, 1.54) is 49.7 Å². The highest BCUT2D eigenvalue weighted by molar-refractivity contribution is 5.99. The Labute approximate surface area is 246 Å². The Hall–Kier alpha value is -4.13. The molecule has 13 heteroatoms. The summed E-state index contributed by atoms with van der Waals surface area (Å²) >= 11 is 0. The van der Waals surface area contributed by atoms with Crippen LogP contribution in [0, 0.1) is 0 Å². The maximum atomic E-state index is 14.3. The highest BCUT2D eigenvalue weighted by Gasteiger charge is 2.51. The summed E-state index contributed by atoms with van der Waals surface area (Å²) in [6.07, 6.45) is -1.65. The Bertz CT molecular complexity index is 1560. The lowest BCUT2D eigenvalue weighted by molar-refractivity contribution is -0.147. The molecule has 42 heavy (non-hydrogen) atoms. The molecule has 4 rings (SSSR count). The van der Waals surface area contributed by atoms with Crippen molar-refractivity contribution in [2.24, 2.45) is 0 Å². The molecule has 2 amide bonds. The summed E-state index contributed by atoms with van der Waals surface area (Å²) in [6.45, 7) is 0.734. The highest BCUT2D eigenvalue weighted by atomic mass is 19.3. The molecule has 2 aromatic heterocycles. The van der Waals surface area contributed by atoms with E-state index >= 15 is 0 Å². The van der Waals surface area contributed by atoms with Crippen LogP contribution in [0.2, 0.25) is 0 Å². The molecule has 2 heterocycles. The fraction of sp³-hybridized carbons (Fsp3) is 0.483. The van der Waals surface area contributed by atoms with Gasteiger partial charge in [0, 0.05) is 23.9 Å². The molecule has 0 bridgehead atoms. The minimum absolute atomic E-state index is 0.0881. The van der Waals surface area contributed by atoms with E-state index in [1.54, 1.807) is 20.8 Å². The van der Waals surface area contributed by atoms with Gasteiger partial charge < -0.3 is 24.8 Å². The summed E-state index contributed by atoms with van der Waals surface area (Å²) in [6, 6.07) is 6.87. The van der Waals surface area contributed by atoms with Gasteiger partial charge in [0.2, 0.25) is 11.8 Å². The predicted molar refractivity (Wildman–Crippen MR) is 150 cm³/mol. The topological polar surface area (TPSA) is 136 Å². The summed E-state index contributed by atoms with van der Waals surface area (Å²) in [5.41, 5.74) is -1.78. The largest absolute Gasteiger partial charge is 0.497 e. The van der Waals surface area contributed by atoms with Gasteiger partial charge in [0.1, 0.15) is 28.7 Å². The lowest BCUT2D eigenvalue weighted by atomic mass is 9.67. The van der Waals surface area contributed by atoms with E-state index in [1.807, 2.05) is 0 Å². The summed E-state index contributed by atoms with van der Waals surface area (Å²) in [4.78, 5) is 44.7. The maximum Gasteiger partial charge on any atom is 0.435 e. The number of halogens is 2. The van der Waals surface area contributed by atoms with E-state index < -0.39 is 80.2 Å². The lowest BCUT2D eigenvalue weighted by Crippen LogP contribution is -2.55. The zero-order valence-electron chi connectivity index (χ0n) is 26.7. The molecule has 11 nitrogen and oxygen atoms in total. The number of aromatic nitrogens is 3. The van der Waals surface area contributed by atoms with E-state index in [2.05, 4.69) is 15.4 Å². The molecular weight excluding hydrogens is 552 g/mol. The van der Waals surface area contributed by atoms with Crippen LogP contribution < -0.4 is 10.1 Å². The number of fused-ring (bicyclic) bond motifs is 1. The van der Waals surface area contributed by atoms with Crippen molar-refractivity contribution in [3.05, 3.63) is 48.2 Å². The zero-order valence-corrected chi connectivity index (χ0v) is 23.7. The van der Waals surface area contributed by atoms with Gasteiger partial charge in [-0.25, -0.2) is 18.6 Å². The van der Waals surface area contributed by atoms with E-state index in [0.717, 1.165) is 4.68 Å². The number of pyridine rings is 1. The number of aliphatic hydroxyl groups excluding tert-OH is 1. The van der Waals surface area contributed by atoms with Crippen molar-refractivity contribution in [2.45, 2.75) is 69.4 Å². The van der Waals surface area contributed by atoms with Crippen LogP contribution in [-0.4, -0.2) is 80.9 Å². The standard InChI is InChI=1S/C29H35F2N5O6/c1-27(2,3)42-26(40)36-21-10-11-23(33-20(21)16-32-36)34-24(38)22(17-37)35(4)25(39)28(12-14-29(30,31)15-13-28)18-6-8-19(41-5)9-7-18/h6-11,16,22,37H,12-15,17H2,1-5H3,(H,33,34,38)/t22-/m1/s1/i4D3. The number of hydrogen-bond donors (Lipinski definition) is 2. The molecule has 2 N–H and O–H groups in total. The van der Waals surface area contributed by atoms with Gasteiger partial charge in [-0.15, -0.1) is 0 Å². The minimum atomic E-state index is -3.24. The zero-order chi connectivity index (χ0) is 33.4. The van der Waals surface area contributed by atoms with Crippen molar-refractivity contribution in [1.82, 2.24) is 19.7 Å². The first-order chi connectivity index (χ1) is 20.9. The summed E-state index contributed by atoms with van der Waals surface area (Å²) in [5, 5.41) is 16.7. The number of rotatable bonds is 7. The van der Waals surface area contributed by atoms with Gasteiger partial charge in [-0.05, 0) is 63.4 Å². The first-order valence-corrected chi connectivity index (χ1v) is 13.3. The molecule has 0 aliphatic heterocycles. The van der Waals surface area contributed by atoms with Crippen LogP contribution in [0.5, 0.6) is 5.75 Å². The second kappa shape index (κ2) is 11.6. The number of ether oxygens (including phenoxy) is 2. The molecule has 0 unspecified atom stereocenters. The smallest absolute Gasteiger partial charge is 0.435 e. The SMILES string of the molecule is [2H]C([2H])([2H])N(C(=O)C1(c2ccc(OC)cc2)CCC(F)(F)CC1)[C@H](CO)C(=O)Nc1ccc2c(cnn2C(=O)OC(C)(C)C)n1. The maximum absolute atomic E-state index is 14.3. The normalized spacial score (nSPS) is 18.2. The van der Waals surface area contributed by atoms with Crippen LogP contribution >= 0.6 is 0 Å². The Morgan fingerprint density at radius 2 is 1.81 bits per heavy atom. The molecule has 1 atom stereocenters. The van der Waals surface area contributed by atoms with E-state index in [0.29, 0.717) is 5.75 Å². The third kappa shape index (κ3) is 6.35. The highest BCUT2D eigenvalue weighted by Crippen LogP contribution is 2.47. The number of nitrogens with zero attached hydrogens (tertiary/aromatic N) is 4. The number of alkyl halides is 2. The van der Waals surface area contributed by atoms with E-state index in [9.17, 15) is 28.3 Å². The van der Waals surface area contributed by atoms with Gasteiger partial charge in [-0.2, -0.15) is 9.78 Å². The average Bonchev–Trinajstić information content (AvgIpc) is 3.38. The van der Waals surface area contributed by atoms with Crippen molar-refractivity contribution < 1.29 is 41.9 Å². The van der Waals surface area contributed by atoms with Crippen LogP contribution in [0.4, 0.5) is 19.4 Å². The number of methoxy groups -OCH3 is 1. The first-order valence-electron chi connectivity index (χ1n) is 14.8. The van der Waals surface area contributed by atoms with Crippen molar-refractivity contribution in [2.75, 3.05) is 26.0 Å². The number of anilines is 1. The average molecular weight is 591 g/mol. The molecule has 1 fully saturated rings.